The van der Waals surface area contributed by atoms with E-state index in [0.29, 0.717) is 0 Å². The molecule has 2 N–H and O–H groups in total. The van der Waals surface area contributed by atoms with Crippen molar-refractivity contribution in [3.05, 3.63) is 35.4 Å². The van der Waals surface area contributed by atoms with Crippen molar-refractivity contribution < 1.29 is 8.78 Å². The highest BCUT2D eigenvalue weighted by Crippen LogP contribution is 2.49. The lowest BCUT2D eigenvalue weighted by atomic mass is 9.76. The third-order valence-corrected chi connectivity index (χ3v) is 3.67. The van der Waals surface area contributed by atoms with Gasteiger partial charge in [-0.05, 0) is 30.5 Å². The van der Waals surface area contributed by atoms with Gasteiger partial charge in [-0.1, -0.05) is 19.9 Å². The molecule has 1 aliphatic carbocycles. The second-order valence-corrected chi connectivity index (χ2v) is 4.91. The minimum absolute atomic E-state index is 0.253. The van der Waals surface area contributed by atoms with Gasteiger partial charge < -0.3 is 5.73 Å². The maximum absolute atomic E-state index is 13.1. The zero-order valence-corrected chi connectivity index (χ0v) is 8.98. The summed E-state index contributed by atoms with van der Waals surface area (Å²) in [4.78, 5) is 0. The van der Waals surface area contributed by atoms with Gasteiger partial charge in [-0.2, -0.15) is 0 Å². The summed E-state index contributed by atoms with van der Waals surface area (Å²) in [6.45, 7) is 3.96. The molecular weight excluding hydrogens is 196 g/mol. The predicted octanol–water partition coefficient (Wildman–Crippen LogP) is 2.73. The highest BCUT2D eigenvalue weighted by atomic mass is 19.2. The lowest BCUT2D eigenvalue weighted by molar-refractivity contribution is 0.387. The van der Waals surface area contributed by atoms with E-state index in [1.54, 1.807) is 6.07 Å². The number of hydrogen-bond acceptors (Lipinski definition) is 1. The number of halogens is 2. The molecule has 82 valence electrons. The molecule has 0 heterocycles. The van der Waals surface area contributed by atoms with Crippen LogP contribution in [0.25, 0.3) is 0 Å². The van der Waals surface area contributed by atoms with E-state index in [-0.39, 0.29) is 11.0 Å². The Morgan fingerprint density at radius 1 is 1.20 bits per heavy atom. The van der Waals surface area contributed by atoms with Crippen molar-refractivity contribution in [3.63, 3.8) is 0 Å². The van der Waals surface area contributed by atoms with Crippen LogP contribution in [0.4, 0.5) is 8.78 Å². The molecule has 1 aromatic carbocycles. The van der Waals surface area contributed by atoms with Crippen molar-refractivity contribution >= 4 is 0 Å². The third kappa shape index (κ3) is 1.55. The van der Waals surface area contributed by atoms with E-state index in [2.05, 4.69) is 0 Å². The molecule has 1 saturated carbocycles. The quantitative estimate of drug-likeness (QED) is 0.799. The number of hydrogen-bond donors (Lipinski definition) is 1. The van der Waals surface area contributed by atoms with Crippen LogP contribution in [0.1, 0.15) is 32.3 Å². The minimum atomic E-state index is -0.809. The van der Waals surface area contributed by atoms with Crippen LogP contribution >= 0.6 is 0 Å². The number of rotatable bonds is 2. The van der Waals surface area contributed by atoms with Gasteiger partial charge in [0.25, 0.3) is 0 Å². The van der Waals surface area contributed by atoms with Crippen molar-refractivity contribution in [3.8, 4) is 0 Å². The summed E-state index contributed by atoms with van der Waals surface area (Å²) in [7, 11) is 0. The van der Waals surface area contributed by atoms with Crippen molar-refractivity contribution in [1.82, 2.24) is 0 Å². The van der Waals surface area contributed by atoms with Crippen molar-refractivity contribution in [1.29, 1.82) is 0 Å². The van der Waals surface area contributed by atoms with E-state index < -0.39 is 11.6 Å². The minimum Gasteiger partial charge on any atom is -0.324 e. The van der Waals surface area contributed by atoms with Gasteiger partial charge in [0.1, 0.15) is 0 Å². The van der Waals surface area contributed by atoms with E-state index in [0.717, 1.165) is 24.5 Å². The Morgan fingerprint density at radius 3 is 2.27 bits per heavy atom. The molecule has 0 aliphatic heterocycles. The summed E-state index contributed by atoms with van der Waals surface area (Å²) in [6, 6.07) is 4.03. The first-order valence-corrected chi connectivity index (χ1v) is 5.11. The van der Waals surface area contributed by atoms with Crippen LogP contribution in [-0.2, 0) is 5.41 Å². The molecule has 0 amide bonds. The Balaban J connectivity index is 2.41. The van der Waals surface area contributed by atoms with Gasteiger partial charge in [0.05, 0.1) is 0 Å². The van der Waals surface area contributed by atoms with Gasteiger partial charge >= 0.3 is 0 Å². The van der Waals surface area contributed by atoms with Gasteiger partial charge in [0, 0.05) is 11.0 Å². The fraction of sp³-hybridized carbons (Fsp3) is 0.500. The number of nitrogens with two attached hydrogens (primary N) is 1. The first kappa shape index (κ1) is 10.6. The Kier molecular flexibility index (Phi) is 2.12. The first-order chi connectivity index (χ1) is 6.87. The molecule has 15 heavy (non-hydrogen) atoms. The molecule has 2 rings (SSSR count). The molecule has 0 unspecified atom stereocenters. The normalized spacial score (nSPS) is 19.0. The zero-order valence-electron chi connectivity index (χ0n) is 8.98. The Bertz CT molecular complexity index is 395. The Hall–Kier alpha value is -0.960. The van der Waals surface area contributed by atoms with Gasteiger partial charge in [0.2, 0.25) is 0 Å². The van der Waals surface area contributed by atoms with Crippen molar-refractivity contribution in [2.45, 2.75) is 37.6 Å². The molecular formula is C12H15F2N. The summed E-state index contributed by atoms with van der Waals surface area (Å²) in [5.41, 5.74) is 6.34. The maximum atomic E-state index is 13.1. The summed E-state index contributed by atoms with van der Waals surface area (Å²) in [6.07, 6.45) is 1.89. The smallest absolute Gasteiger partial charge is 0.159 e. The van der Waals surface area contributed by atoms with Crippen LogP contribution < -0.4 is 5.73 Å². The molecule has 1 fully saturated rings. The third-order valence-electron chi connectivity index (χ3n) is 3.67. The maximum Gasteiger partial charge on any atom is 0.159 e. The molecule has 1 aromatic rings. The summed E-state index contributed by atoms with van der Waals surface area (Å²) < 4.78 is 25.9. The molecule has 1 nitrogen and oxygen atoms in total. The van der Waals surface area contributed by atoms with Gasteiger partial charge in [-0.15, -0.1) is 0 Å². The monoisotopic (exact) mass is 211 g/mol. The fourth-order valence-corrected chi connectivity index (χ4v) is 1.93. The Labute approximate surface area is 88.3 Å². The molecule has 1 aliphatic rings. The predicted molar refractivity (Wildman–Crippen MR) is 55.5 cm³/mol. The molecule has 0 radical (unpaired) electrons. The fourth-order valence-electron chi connectivity index (χ4n) is 1.93. The molecule has 0 aromatic heterocycles. The van der Waals surface area contributed by atoms with Crippen LogP contribution in [0.2, 0.25) is 0 Å². The molecule has 3 heteroatoms. The van der Waals surface area contributed by atoms with Crippen LogP contribution in [0.5, 0.6) is 0 Å². The summed E-state index contributed by atoms with van der Waals surface area (Å²) in [5, 5.41) is 0. The van der Waals surface area contributed by atoms with Crippen LogP contribution in [0, 0.1) is 11.6 Å². The highest BCUT2D eigenvalue weighted by molar-refractivity contribution is 5.33. The Morgan fingerprint density at radius 2 is 1.80 bits per heavy atom. The van der Waals surface area contributed by atoms with Gasteiger partial charge in [0.15, 0.2) is 11.6 Å². The van der Waals surface area contributed by atoms with E-state index in [1.807, 2.05) is 13.8 Å². The van der Waals surface area contributed by atoms with Crippen LogP contribution in [0.3, 0.4) is 0 Å². The van der Waals surface area contributed by atoms with E-state index >= 15 is 0 Å². The standard InChI is InChI=1S/C12H15F2N/c1-11(2,12(15)5-6-12)8-3-4-9(13)10(14)7-8/h3-4,7H,5-6,15H2,1-2H3. The molecule has 0 bridgehead atoms. The van der Waals surface area contributed by atoms with E-state index in [9.17, 15) is 8.78 Å². The zero-order chi connectivity index (χ0) is 11.3. The summed E-state index contributed by atoms with van der Waals surface area (Å²) in [5.74, 6) is -1.61. The second-order valence-electron chi connectivity index (χ2n) is 4.91. The summed E-state index contributed by atoms with van der Waals surface area (Å²) >= 11 is 0. The average molecular weight is 211 g/mol. The van der Waals surface area contributed by atoms with Crippen molar-refractivity contribution in [2.24, 2.45) is 5.73 Å². The van der Waals surface area contributed by atoms with Gasteiger partial charge in [-0.25, -0.2) is 8.78 Å². The molecule has 0 spiro atoms. The topological polar surface area (TPSA) is 26.0 Å². The largest absolute Gasteiger partial charge is 0.324 e. The average Bonchev–Trinajstić information content (AvgIpc) is 2.90. The number of benzene rings is 1. The second kappa shape index (κ2) is 3.01. The van der Waals surface area contributed by atoms with Gasteiger partial charge in [-0.3, -0.25) is 0 Å². The van der Waals surface area contributed by atoms with Crippen LogP contribution in [0.15, 0.2) is 18.2 Å². The lowest BCUT2D eigenvalue weighted by Crippen LogP contribution is -2.43. The lowest BCUT2D eigenvalue weighted by Gasteiger charge is -2.32. The van der Waals surface area contributed by atoms with E-state index in [1.165, 1.54) is 6.07 Å². The molecule has 0 saturated heterocycles. The van der Waals surface area contributed by atoms with E-state index in [4.69, 9.17) is 5.73 Å². The SMILES string of the molecule is CC(C)(c1ccc(F)c(F)c1)C1(N)CC1. The first-order valence-electron chi connectivity index (χ1n) is 5.11. The van der Waals surface area contributed by atoms with Crippen molar-refractivity contribution in [2.75, 3.05) is 0 Å². The van der Waals surface area contributed by atoms with Crippen LogP contribution in [-0.4, -0.2) is 5.54 Å². The highest BCUT2D eigenvalue weighted by Gasteiger charge is 2.51. The molecule has 0 atom stereocenters.